The fourth-order valence-electron chi connectivity index (χ4n) is 3.41. The van der Waals surface area contributed by atoms with Crippen molar-refractivity contribution in [1.82, 2.24) is 24.1 Å². The zero-order valence-corrected chi connectivity index (χ0v) is 17.0. The molecule has 4 rings (SSSR count). The Morgan fingerprint density at radius 3 is 2.64 bits per heavy atom. The van der Waals surface area contributed by atoms with E-state index in [1.165, 1.54) is 11.3 Å². The van der Waals surface area contributed by atoms with E-state index in [0.29, 0.717) is 69.9 Å². The zero-order chi connectivity index (χ0) is 19.5. The molecule has 0 spiro atoms. The molecule has 150 valence electrons. The summed E-state index contributed by atoms with van der Waals surface area (Å²) in [5, 5.41) is 2.32. The predicted molar refractivity (Wildman–Crippen MR) is 108 cm³/mol. The van der Waals surface area contributed by atoms with Crippen LogP contribution in [0.5, 0.6) is 0 Å². The minimum atomic E-state index is -0.0552. The number of imidazole rings is 1. The molecule has 0 saturated carbocycles. The Morgan fingerprint density at radius 2 is 1.89 bits per heavy atom. The molecule has 0 N–H and O–H groups in total. The summed E-state index contributed by atoms with van der Waals surface area (Å²) in [6.45, 7) is 5.54. The van der Waals surface area contributed by atoms with Gasteiger partial charge < -0.3 is 14.5 Å². The topological polar surface area (TPSA) is 70.4 Å². The third-order valence-corrected chi connectivity index (χ3v) is 6.08. The van der Waals surface area contributed by atoms with E-state index in [-0.39, 0.29) is 11.8 Å². The van der Waals surface area contributed by atoms with Gasteiger partial charge in [0.15, 0.2) is 10.1 Å². The average molecular weight is 424 g/mol. The molecule has 0 atom stereocenters. The molecule has 4 heterocycles. The highest BCUT2D eigenvalue weighted by Crippen LogP contribution is 2.22. The number of morpholine rings is 1. The number of carbonyl (C=O) groups is 2. The Kier molecular flexibility index (Phi) is 5.96. The molecule has 2 aromatic heterocycles. The second kappa shape index (κ2) is 8.60. The Morgan fingerprint density at radius 1 is 1.14 bits per heavy atom. The largest absolute Gasteiger partial charge is 0.378 e. The Bertz CT molecular complexity index is 881. The van der Waals surface area contributed by atoms with Gasteiger partial charge in [0.25, 0.3) is 0 Å². The van der Waals surface area contributed by atoms with E-state index >= 15 is 0 Å². The van der Waals surface area contributed by atoms with Gasteiger partial charge in [-0.2, -0.15) is 0 Å². The maximum atomic E-state index is 12.5. The number of rotatable bonds is 4. The van der Waals surface area contributed by atoms with Gasteiger partial charge in [-0.1, -0.05) is 11.6 Å². The quantitative estimate of drug-likeness (QED) is 0.688. The highest BCUT2D eigenvalue weighted by Gasteiger charge is 2.24. The van der Waals surface area contributed by atoms with E-state index in [1.54, 1.807) is 17.1 Å². The molecule has 2 aliphatic heterocycles. The lowest BCUT2D eigenvalue weighted by Gasteiger charge is -2.35. The van der Waals surface area contributed by atoms with Crippen LogP contribution in [-0.2, 0) is 14.3 Å². The van der Waals surface area contributed by atoms with Crippen molar-refractivity contribution in [3.05, 3.63) is 28.5 Å². The fourth-order valence-corrected chi connectivity index (χ4v) is 4.42. The number of aromatic nitrogens is 2. The van der Waals surface area contributed by atoms with Gasteiger partial charge >= 0.3 is 0 Å². The molecule has 2 fully saturated rings. The maximum absolute atomic E-state index is 12.5. The summed E-state index contributed by atoms with van der Waals surface area (Å²) < 4.78 is 7.15. The first-order valence-corrected chi connectivity index (χ1v) is 10.5. The molecule has 2 aromatic rings. The molecule has 2 saturated heterocycles. The Balaban J connectivity index is 1.28. The van der Waals surface area contributed by atoms with Crippen molar-refractivity contribution >= 4 is 45.8 Å². The van der Waals surface area contributed by atoms with Gasteiger partial charge in [0.05, 0.1) is 25.5 Å². The molecular weight excluding hydrogens is 402 g/mol. The second-order valence-corrected chi connectivity index (χ2v) is 8.00. The van der Waals surface area contributed by atoms with Crippen molar-refractivity contribution in [1.29, 1.82) is 0 Å². The monoisotopic (exact) mass is 423 g/mol. The molecule has 2 aliphatic rings. The van der Waals surface area contributed by atoms with E-state index in [4.69, 9.17) is 16.3 Å². The van der Waals surface area contributed by atoms with Crippen molar-refractivity contribution in [3.8, 4) is 0 Å². The average Bonchev–Trinajstić information content (AvgIpc) is 3.28. The van der Waals surface area contributed by atoms with Crippen molar-refractivity contribution in [3.63, 3.8) is 0 Å². The number of hydrogen-bond donors (Lipinski definition) is 0. The first-order chi connectivity index (χ1) is 13.6. The lowest BCUT2D eigenvalue weighted by molar-refractivity contribution is -0.137. The van der Waals surface area contributed by atoms with Gasteiger partial charge in [-0.15, -0.1) is 11.3 Å². The fraction of sp³-hybridized carbons (Fsp3) is 0.500. The molecule has 0 aromatic carbocycles. The molecule has 8 nitrogen and oxygen atoms in total. The predicted octanol–water partition coefficient (Wildman–Crippen LogP) is 1.07. The van der Waals surface area contributed by atoms with E-state index in [1.807, 2.05) is 20.9 Å². The molecule has 0 bridgehead atoms. The Hall–Kier alpha value is -1.94. The standard InChI is InChI=1S/C18H22ClN5O3S/c19-17-14(24-9-12-28-18(24)20-17)1-2-15(25)22-5-3-21(4-6-22)13-16(26)23-7-10-27-11-8-23/h1-2,9,12H,3-8,10-11,13H2. The van der Waals surface area contributed by atoms with Gasteiger partial charge in [-0.25, -0.2) is 4.98 Å². The summed E-state index contributed by atoms with van der Waals surface area (Å²) in [4.78, 5) is 35.7. The summed E-state index contributed by atoms with van der Waals surface area (Å²) in [7, 11) is 0. The van der Waals surface area contributed by atoms with Crippen molar-refractivity contribution in [2.24, 2.45) is 0 Å². The van der Waals surface area contributed by atoms with Gasteiger partial charge in [0.1, 0.15) is 0 Å². The third-order valence-electron chi connectivity index (χ3n) is 5.04. The summed E-state index contributed by atoms with van der Waals surface area (Å²) in [5.74, 6) is 0.0820. The van der Waals surface area contributed by atoms with Gasteiger partial charge in [-0.3, -0.25) is 18.9 Å². The number of fused-ring (bicyclic) bond motifs is 1. The summed E-state index contributed by atoms with van der Waals surface area (Å²) in [5.41, 5.74) is 0.709. The molecule has 2 amide bonds. The van der Waals surface area contributed by atoms with Gasteiger partial charge in [-0.05, 0) is 6.08 Å². The maximum Gasteiger partial charge on any atom is 0.246 e. The van der Waals surface area contributed by atoms with Crippen LogP contribution >= 0.6 is 22.9 Å². The van der Waals surface area contributed by atoms with Gasteiger partial charge in [0.2, 0.25) is 11.8 Å². The summed E-state index contributed by atoms with van der Waals surface area (Å²) >= 11 is 7.65. The Labute approximate surface area is 171 Å². The first-order valence-electron chi connectivity index (χ1n) is 9.28. The second-order valence-electron chi connectivity index (χ2n) is 6.77. The third kappa shape index (κ3) is 4.22. The van der Waals surface area contributed by atoms with Crippen LogP contribution in [0.1, 0.15) is 5.69 Å². The molecule has 0 unspecified atom stereocenters. The SMILES string of the molecule is O=C(C=Cc1c(Cl)nc2sccn12)N1CCN(CC(=O)N2CCOCC2)CC1. The zero-order valence-electron chi connectivity index (χ0n) is 15.4. The molecule has 28 heavy (non-hydrogen) atoms. The van der Waals surface area contributed by atoms with Crippen molar-refractivity contribution in [2.75, 3.05) is 59.0 Å². The number of nitrogens with zero attached hydrogens (tertiary/aromatic N) is 5. The lowest BCUT2D eigenvalue weighted by Crippen LogP contribution is -2.52. The van der Waals surface area contributed by atoms with Crippen LogP contribution in [0.25, 0.3) is 11.0 Å². The number of ether oxygens (including phenoxy) is 1. The van der Waals surface area contributed by atoms with E-state index in [0.717, 1.165) is 4.96 Å². The van der Waals surface area contributed by atoms with Crippen LogP contribution in [0.4, 0.5) is 0 Å². The lowest BCUT2D eigenvalue weighted by atomic mass is 10.2. The smallest absolute Gasteiger partial charge is 0.246 e. The van der Waals surface area contributed by atoms with Crippen LogP contribution in [0, 0.1) is 0 Å². The van der Waals surface area contributed by atoms with E-state index in [9.17, 15) is 9.59 Å². The number of piperazine rings is 1. The molecule has 0 aliphatic carbocycles. The number of amides is 2. The first kappa shape index (κ1) is 19.4. The molecule has 10 heteroatoms. The van der Waals surface area contributed by atoms with Crippen molar-refractivity contribution < 1.29 is 14.3 Å². The van der Waals surface area contributed by atoms with E-state index < -0.39 is 0 Å². The summed E-state index contributed by atoms with van der Waals surface area (Å²) in [6, 6.07) is 0. The number of thiazole rings is 1. The highest BCUT2D eigenvalue weighted by molar-refractivity contribution is 7.15. The number of halogens is 1. The van der Waals surface area contributed by atoms with Crippen LogP contribution in [0.2, 0.25) is 5.15 Å². The molecular formula is C18H22ClN5O3S. The highest BCUT2D eigenvalue weighted by atomic mass is 35.5. The van der Waals surface area contributed by atoms with Crippen molar-refractivity contribution in [2.45, 2.75) is 0 Å². The summed E-state index contributed by atoms with van der Waals surface area (Å²) in [6.07, 6.45) is 5.14. The van der Waals surface area contributed by atoms with Crippen LogP contribution in [-0.4, -0.2) is 94.9 Å². The van der Waals surface area contributed by atoms with Gasteiger partial charge in [0, 0.05) is 56.9 Å². The number of hydrogen-bond acceptors (Lipinski definition) is 6. The number of carbonyl (C=O) groups excluding carboxylic acids is 2. The van der Waals surface area contributed by atoms with Crippen LogP contribution in [0.3, 0.4) is 0 Å². The normalized spacial score (nSPS) is 19.0. The molecule has 0 radical (unpaired) electrons. The minimum Gasteiger partial charge on any atom is -0.378 e. The van der Waals surface area contributed by atoms with Crippen LogP contribution in [0.15, 0.2) is 17.7 Å². The minimum absolute atomic E-state index is 0.0552. The van der Waals surface area contributed by atoms with E-state index in [2.05, 4.69) is 9.88 Å². The van der Waals surface area contributed by atoms with Crippen LogP contribution < -0.4 is 0 Å².